The summed E-state index contributed by atoms with van der Waals surface area (Å²) in [5.74, 6) is 0. The van der Waals surface area contributed by atoms with Gasteiger partial charge in [-0.25, -0.2) is 0 Å². The molecule has 2 aromatic rings. The number of rotatable bonds is 2. The summed E-state index contributed by atoms with van der Waals surface area (Å²) in [6.45, 7) is 1.66. The first kappa shape index (κ1) is 14.4. The van der Waals surface area contributed by atoms with Crippen molar-refractivity contribution < 1.29 is 0 Å². The van der Waals surface area contributed by atoms with Crippen molar-refractivity contribution in [1.29, 1.82) is 0 Å². The summed E-state index contributed by atoms with van der Waals surface area (Å²) >= 11 is 5.93. The molecule has 0 atom stereocenters. The molecule has 0 spiro atoms. The number of halogens is 2. The van der Waals surface area contributed by atoms with Crippen molar-refractivity contribution in [1.82, 2.24) is 5.32 Å². The van der Waals surface area contributed by atoms with Crippen LogP contribution in [0.1, 0.15) is 5.56 Å². The van der Waals surface area contributed by atoms with Gasteiger partial charge in [-0.1, -0.05) is 48.0 Å². The third-order valence-electron chi connectivity index (χ3n) is 3.50. The highest BCUT2D eigenvalue weighted by Crippen LogP contribution is 2.33. The first-order valence-corrected chi connectivity index (χ1v) is 6.42. The molecule has 1 fully saturated rings. The van der Waals surface area contributed by atoms with E-state index in [0.29, 0.717) is 0 Å². The van der Waals surface area contributed by atoms with Crippen LogP contribution >= 0.6 is 24.0 Å². The van der Waals surface area contributed by atoms with E-state index < -0.39 is 0 Å². The van der Waals surface area contributed by atoms with Crippen molar-refractivity contribution in [3.05, 3.63) is 59.1 Å². The number of nitrogens with two attached hydrogens (primary N) is 1. The van der Waals surface area contributed by atoms with Crippen LogP contribution in [0, 0.1) is 0 Å². The van der Waals surface area contributed by atoms with Crippen LogP contribution in [0.25, 0.3) is 11.1 Å². The fourth-order valence-corrected chi connectivity index (χ4v) is 2.51. The van der Waals surface area contributed by atoms with Gasteiger partial charge in [-0.05, 0) is 28.8 Å². The van der Waals surface area contributed by atoms with Gasteiger partial charge in [-0.15, -0.1) is 12.4 Å². The quantitative estimate of drug-likeness (QED) is 0.893. The minimum absolute atomic E-state index is 0. The van der Waals surface area contributed by atoms with E-state index in [-0.39, 0.29) is 17.9 Å². The number of nitrogens with one attached hydrogen (secondary N) is 1. The lowest BCUT2D eigenvalue weighted by Gasteiger charge is -2.40. The Hall–Kier alpha value is -1.06. The molecule has 1 aliphatic rings. The molecule has 3 rings (SSSR count). The minimum Gasteiger partial charge on any atom is -0.319 e. The van der Waals surface area contributed by atoms with Crippen LogP contribution in [0.3, 0.4) is 0 Å². The van der Waals surface area contributed by atoms with Gasteiger partial charge in [0, 0.05) is 18.1 Å². The summed E-state index contributed by atoms with van der Waals surface area (Å²) in [4.78, 5) is 0. The molecule has 2 aromatic carbocycles. The van der Waals surface area contributed by atoms with Gasteiger partial charge in [0.15, 0.2) is 0 Å². The van der Waals surface area contributed by atoms with Crippen molar-refractivity contribution in [2.75, 3.05) is 13.1 Å². The molecule has 1 saturated heterocycles. The molecule has 3 N–H and O–H groups in total. The average molecular weight is 295 g/mol. The largest absolute Gasteiger partial charge is 0.319 e. The van der Waals surface area contributed by atoms with Crippen LogP contribution in [-0.4, -0.2) is 13.1 Å². The molecule has 1 heterocycles. The van der Waals surface area contributed by atoms with E-state index >= 15 is 0 Å². The van der Waals surface area contributed by atoms with Gasteiger partial charge in [0.05, 0.1) is 5.54 Å². The number of hydrogen-bond donors (Lipinski definition) is 2. The zero-order valence-corrected chi connectivity index (χ0v) is 12.0. The van der Waals surface area contributed by atoms with E-state index in [9.17, 15) is 0 Å². The second-order valence-electron chi connectivity index (χ2n) is 4.81. The Morgan fingerprint density at radius 1 is 1.00 bits per heavy atom. The molecule has 0 aliphatic carbocycles. The zero-order valence-electron chi connectivity index (χ0n) is 10.4. The van der Waals surface area contributed by atoms with E-state index in [4.69, 9.17) is 17.3 Å². The summed E-state index contributed by atoms with van der Waals surface area (Å²) in [6.07, 6.45) is 0. The fraction of sp³-hybridized carbons (Fsp3) is 0.200. The van der Waals surface area contributed by atoms with Gasteiger partial charge in [-0.3, -0.25) is 0 Å². The van der Waals surface area contributed by atoms with Crippen LogP contribution in [0.4, 0.5) is 0 Å². The molecule has 0 unspecified atom stereocenters. The Bertz CT molecular complexity index is 563. The predicted octanol–water partition coefficient (Wildman–Crippen LogP) is 3.19. The predicted molar refractivity (Wildman–Crippen MR) is 82.9 cm³/mol. The van der Waals surface area contributed by atoms with Gasteiger partial charge >= 0.3 is 0 Å². The minimum atomic E-state index is -0.240. The summed E-state index contributed by atoms with van der Waals surface area (Å²) in [5.41, 5.74) is 9.72. The number of hydrogen-bond acceptors (Lipinski definition) is 2. The average Bonchev–Trinajstić information content (AvgIpc) is 2.37. The normalized spacial score (nSPS) is 16.3. The number of benzene rings is 2. The van der Waals surface area contributed by atoms with Crippen molar-refractivity contribution in [2.45, 2.75) is 5.54 Å². The smallest absolute Gasteiger partial charge is 0.0668 e. The lowest BCUT2D eigenvalue weighted by molar-refractivity contribution is 0.288. The Morgan fingerprint density at radius 3 is 2.21 bits per heavy atom. The van der Waals surface area contributed by atoms with Crippen LogP contribution in [0.5, 0.6) is 0 Å². The van der Waals surface area contributed by atoms with Gasteiger partial charge in [0.2, 0.25) is 0 Å². The third-order valence-corrected chi connectivity index (χ3v) is 3.75. The van der Waals surface area contributed by atoms with Crippen molar-refractivity contribution in [3.8, 4) is 11.1 Å². The summed E-state index contributed by atoms with van der Waals surface area (Å²) < 4.78 is 0. The van der Waals surface area contributed by atoms with Gasteiger partial charge in [0.1, 0.15) is 0 Å². The van der Waals surface area contributed by atoms with Crippen LogP contribution in [0.2, 0.25) is 5.02 Å². The molecule has 0 bridgehead atoms. The zero-order chi connectivity index (χ0) is 12.6. The highest BCUT2D eigenvalue weighted by atomic mass is 35.5. The lowest BCUT2D eigenvalue weighted by Crippen LogP contribution is -2.62. The second-order valence-corrected chi connectivity index (χ2v) is 5.25. The van der Waals surface area contributed by atoms with Gasteiger partial charge in [-0.2, -0.15) is 0 Å². The molecule has 1 aliphatic heterocycles. The van der Waals surface area contributed by atoms with Crippen molar-refractivity contribution in [2.24, 2.45) is 5.73 Å². The molecule has 100 valence electrons. The molecule has 0 radical (unpaired) electrons. The van der Waals surface area contributed by atoms with Crippen molar-refractivity contribution >= 4 is 24.0 Å². The SMILES string of the molecule is Cl.NC1(c2ccccc2-c2ccc(Cl)cc2)CNC1. The van der Waals surface area contributed by atoms with Crippen LogP contribution in [-0.2, 0) is 5.54 Å². The van der Waals surface area contributed by atoms with E-state index in [0.717, 1.165) is 23.7 Å². The Balaban J connectivity index is 0.00000133. The Labute approximate surface area is 124 Å². The third kappa shape index (κ3) is 2.63. The van der Waals surface area contributed by atoms with Gasteiger partial charge in [0.25, 0.3) is 0 Å². The first-order chi connectivity index (χ1) is 8.69. The molecule has 2 nitrogen and oxygen atoms in total. The molecule has 0 aromatic heterocycles. The van der Waals surface area contributed by atoms with E-state index in [1.807, 2.05) is 36.4 Å². The highest BCUT2D eigenvalue weighted by molar-refractivity contribution is 6.30. The maximum Gasteiger partial charge on any atom is 0.0668 e. The van der Waals surface area contributed by atoms with Crippen LogP contribution in [0.15, 0.2) is 48.5 Å². The summed E-state index contributed by atoms with van der Waals surface area (Å²) in [6, 6.07) is 16.2. The van der Waals surface area contributed by atoms with E-state index in [2.05, 4.69) is 17.4 Å². The molecule has 4 heteroatoms. The Kier molecular flexibility index (Phi) is 4.16. The maximum absolute atomic E-state index is 6.40. The molecule has 0 saturated carbocycles. The molecular weight excluding hydrogens is 279 g/mol. The molecule has 0 amide bonds. The lowest BCUT2D eigenvalue weighted by atomic mass is 9.81. The fourth-order valence-electron chi connectivity index (χ4n) is 2.38. The van der Waals surface area contributed by atoms with E-state index in [1.54, 1.807) is 0 Å². The van der Waals surface area contributed by atoms with Crippen LogP contribution < -0.4 is 11.1 Å². The monoisotopic (exact) mass is 294 g/mol. The van der Waals surface area contributed by atoms with E-state index in [1.165, 1.54) is 11.1 Å². The van der Waals surface area contributed by atoms with Gasteiger partial charge < -0.3 is 11.1 Å². The standard InChI is InChI=1S/C15H15ClN2.ClH/c16-12-7-5-11(6-8-12)13-3-1-2-4-14(13)15(17)9-18-10-15;/h1-8,18H,9-10,17H2;1H. The topological polar surface area (TPSA) is 38.0 Å². The molecule has 19 heavy (non-hydrogen) atoms. The van der Waals surface area contributed by atoms with Crippen molar-refractivity contribution in [3.63, 3.8) is 0 Å². The second kappa shape index (κ2) is 5.51. The maximum atomic E-state index is 6.40. The highest BCUT2D eigenvalue weighted by Gasteiger charge is 2.35. The summed E-state index contributed by atoms with van der Waals surface area (Å²) in [7, 11) is 0. The first-order valence-electron chi connectivity index (χ1n) is 6.04. The Morgan fingerprint density at radius 2 is 1.63 bits per heavy atom. The molecular formula is C15H16Cl2N2. The summed E-state index contributed by atoms with van der Waals surface area (Å²) in [5, 5.41) is 4.00.